The predicted octanol–water partition coefficient (Wildman–Crippen LogP) is 4.38. The van der Waals surface area contributed by atoms with E-state index < -0.39 is 13.0 Å². The van der Waals surface area contributed by atoms with Gasteiger partial charge in [-0.1, -0.05) is 24.1 Å². The molecule has 0 bridgehead atoms. The zero-order valence-electron chi connectivity index (χ0n) is 16.9. The van der Waals surface area contributed by atoms with E-state index in [0.29, 0.717) is 34.9 Å². The molecular weight excluding hydrogens is 414 g/mol. The number of alkyl halides is 2. The van der Waals surface area contributed by atoms with Crippen molar-refractivity contribution in [1.82, 2.24) is 14.5 Å². The lowest BCUT2D eigenvalue weighted by atomic mass is 9.84. The van der Waals surface area contributed by atoms with E-state index in [9.17, 15) is 18.4 Å². The average molecular weight is 439 g/mol. The van der Waals surface area contributed by atoms with Crippen molar-refractivity contribution in [3.05, 3.63) is 46.9 Å². The van der Waals surface area contributed by atoms with Crippen molar-refractivity contribution < 1.29 is 18.4 Å². The fourth-order valence-electron chi connectivity index (χ4n) is 3.90. The van der Waals surface area contributed by atoms with Crippen LogP contribution in [-0.4, -0.2) is 45.8 Å². The highest BCUT2D eigenvalue weighted by Gasteiger charge is 2.32. The van der Waals surface area contributed by atoms with Crippen LogP contribution in [0.5, 0.6) is 0 Å². The van der Waals surface area contributed by atoms with E-state index in [1.54, 1.807) is 43.1 Å². The lowest BCUT2D eigenvalue weighted by Crippen LogP contribution is -2.42. The van der Waals surface area contributed by atoms with Gasteiger partial charge in [0.15, 0.2) is 0 Å². The summed E-state index contributed by atoms with van der Waals surface area (Å²) < 4.78 is 26.8. The van der Waals surface area contributed by atoms with Crippen molar-refractivity contribution >= 4 is 29.2 Å². The van der Waals surface area contributed by atoms with Crippen molar-refractivity contribution in [2.75, 3.05) is 12.4 Å². The van der Waals surface area contributed by atoms with Gasteiger partial charge in [0.25, 0.3) is 12.3 Å². The lowest BCUT2D eigenvalue weighted by Gasteiger charge is -2.35. The largest absolute Gasteiger partial charge is 0.339 e. The minimum absolute atomic E-state index is 0.0898. The van der Waals surface area contributed by atoms with Gasteiger partial charge in [-0.3, -0.25) is 9.59 Å². The standard InChI is InChI=1S/C21H25ClF2N4O2/c1-13-19(28(12-25-13)11-18(23)24)26-20(29)14-5-4-8-17(10-14)27(2)21(30)15-6-3-7-16(22)9-15/h3,6-7,9,12,14,17-18H,4-5,8,10-11H2,1-2H3,(H,26,29). The minimum atomic E-state index is -2.54. The molecule has 1 aliphatic carbocycles. The second-order valence-corrected chi connectivity index (χ2v) is 8.09. The van der Waals surface area contributed by atoms with Crippen LogP contribution in [0.15, 0.2) is 30.6 Å². The Morgan fingerprint density at radius 1 is 1.37 bits per heavy atom. The summed E-state index contributed by atoms with van der Waals surface area (Å²) in [6, 6.07) is 6.68. The quantitative estimate of drug-likeness (QED) is 0.727. The second-order valence-electron chi connectivity index (χ2n) is 7.66. The molecule has 0 radical (unpaired) electrons. The molecule has 1 aromatic carbocycles. The summed E-state index contributed by atoms with van der Waals surface area (Å²) >= 11 is 5.99. The van der Waals surface area contributed by atoms with E-state index in [1.807, 2.05) is 0 Å². The van der Waals surface area contributed by atoms with Crippen LogP contribution in [0.3, 0.4) is 0 Å². The SMILES string of the molecule is Cc1ncn(CC(F)F)c1NC(=O)C1CCCC(N(C)C(=O)c2cccc(Cl)c2)C1. The van der Waals surface area contributed by atoms with Gasteiger partial charge in [-0.15, -0.1) is 0 Å². The van der Waals surface area contributed by atoms with Crippen LogP contribution >= 0.6 is 11.6 Å². The highest BCUT2D eigenvalue weighted by molar-refractivity contribution is 6.30. The third-order valence-electron chi connectivity index (χ3n) is 5.55. The molecule has 3 rings (SSSR count). The van der Waals surface area contributed by atoms with E-state index in [2.05, 4.69) is 10.3 Å². The number of aromatic nitrogens is 2. The Balaban J connectivity index is 1.66. The first-order chi connectivity index (χ1) is 14.3. The second kappa shape index (κ2) is 9.55. The van der Waals surface area contributed by atoms with Gasteiger partial charge in [0.05, 0.1) is 18.6 Å². The summed E-state index contributed by atoms with van der Waals surface area (Å²) in [4.78, 5) is 31.3. The summed E-state index contributed by atoms with van der Waals surface area (Å²) in [7, 11) is 1.73. The summed E-state index contributed by atoms with van der Waals surface area (Å²) in [6.45, 7) is 1.14. The third-order valence-corrected chi connectivity index (χ3v) is 5.79. The van der Waals surface area contributed by atoms with Crippen molar-refractivity contribution in [2.45, 2.75) is 51.6 Å². The van der Waals surface area contributed by atoms with Crippen LogP contribution in [0, 0.1) is 12.8 Å². The van der Waals surface area contributed by atoms with E-state index >= 15 is 0 Å². The molecular formula is C21H25ClF2N4O2. The monoisotopic (exact) mass is 438 g/mol. The maximum absolute atomic E-state index is 12.8. The normalized spacial score (nSPS) is 19.0. The molecule has 0 aliphatic heterocycles. The molecule has 30 heavy (non-hydrogen) atoms. The highest BCUT2D eigenvalue weighted by atomic mass is 35.5. The molecule has 2 aromatic rings. The zero-order chi connectivity index (χ0) is 21.8. The van der Waals surface area contributed by atoms with Gasteiger partial charge in [0, 0.05) is 29.6 Å². The number of carbonyl (C=O) groups excluding carboxylic acids is 2. The van der Waals surface area contributed by atoms with Crippen molar-refractivity contribution in [2.24, 2.45) is 5.92 Å². The number of imidazole rings is 1. The van der Waals surface area contributed by atoms with E-state index in [-0.39, 0.29) is 23.8 Å². The Hall–Kier alpha value is -2.48. The molecule has 0 saturated heterocycles. The van der Waals surface area contributed by atoms with Crippen LogP contribution < -0.4 is 5.32 Å². The highest BCUT2D eigenvalue weighted by Crippen LogP contribution is 2.30. The molecule has 1 N–H and O–H groups in total. The number of nitrogens with zero attached hydrogens (tertiary/aromatic N) is 3. The summed E-state index contributed by atoms with van der Waals surface area (Å²) in [5.74, 6) is -0.393. The van der Waals surface area contributed by atoms with E-state index in [1.165, 1.54) is 10.9 Å². The molecule has 6 nitrogen and oxygen atoms in total. The molecule has 1 saturated carbocycles. The zero-order valence-corrected chi connectivity index (χ0v) is 17.7. The minimum Gasteiger partial charge on any atom is -0.339 e. The Bertz CT molecular complexity index is 918. The Morgan fingerprint density at radius 2 is 2.13 bits per heavy atom. The number of amides is 2. The first kappa shape index (κ1) is 22.2. The topological polar surface area (TPSA) is 67.2 Å². The third kappa shape index (κ3) is 5.16. The van der Waals surface area contributed by atoms with Crippen molar-refractivity contribution in [3.8, 4) is 0 Å². The molecule has 0 spiro atoms. The smallest absolute Gasteiger partial charge is 0.256 e. The number of aryl methyl sites for hydroxylation is 1. The predicted molar refractivity (Wildman–Crippen MR) is 111 cm³/mol. The number of benzene rings is 1. The maximum atomic E-state index is 12.8. The van der Waals surface area contributed by atoms with Crippen LogP contribution in [0.1, 0.15) is 41.7 Å². The van der Waals surface area contributed by atoms with Gasteiger partial charge in [-0.05, 0) is 44.4 Å². The molecule has 2 unspecified atom stereocenters. The van der Waals surface area contributed by atoms with Gasteiger partial charge >= 0.3 is 0 Å². The number of carbonyl (C=O) groups is 2. The van der Waals surface area contributed by atoms with Gasteiger partial charge in [0.1, 0.15) is 5.82 Å². The van der Waals surface area contributed by atoms with Crippen molar-refractivity contribution in [3.63, 3.8) is 0 Å². The number of hydrogen-bond acceptors (Lipinski definition) is 3. The molecule has 2 atom stereocenters. The summed E-state index contributed by atoms with van der Waals surface area (Å²) in [5, 5.41) is 3.26. The number of nitrogens with one attached hydrogen (secondary N) is 1. The van der Waals surface area contributed by atoms with E-state index in [4.69, 9.17) is 11.6 Å². The number of halogens is 3. The molecule has 9 heteroatoms. The number of hydrogen-bond donors (Lipinski definition) is 1. The Kier molecular flexibility index (Phi) is 7.07. The fraction of sp³-hybridized carbons (Fsp3) is 0.476. The van der Waals surface area contributed by atoms with Crippen LogP contribution in [0.4, 0.5) is 14.6 Å². The lowest BCUT2D eigenvalue weighted by molar-refractivity contribution is -0.121. The number of rotatable bonds is 6. The van der Waals surface area contributed by atoms with Gasteiger partial charge in [0.2, 0.25) is 5.91 Å². The summed E-state index contributed by atoms with van der Waals surface area (Å²) in [6.07, 6.45) is 1.55. The van der Waals surface area contributed by atoms with Crippen LogP contribution in [0.2, 0.25) is 5.02 Å². The first-order valence-electron chi connectivity index (χ1n) is 9.89. The van der Waals surface area contributed by atoms with Crippen LogP contribution in [0.25, 0.3) is 0 Å². The first-order valence-corrected chi connectivity index (χ1v) is 10.3. The van der Waals surface area contributed by atoms with Crippen LogP contribution in [-0.2, 0) is 11.3 Å². The molecule has 1 aliphatic rings. The fourth-order valence-corrected chi connectivity index (χ4v) is 4.09. The summed E-state index contributed by atoms with van der Waals surface area (Å²) in [5.41, 5.74) is 0.993. The van der Waals surface area contributed by atoms with Gasteiger partial charge in [-0.2, -0.15) is 0 Å². The Labute approximate surface area is 179 Å². The average Bonchev–Trinajstić information content (AvgIpc) is 3.05. The van der Waals surface area contributed by atoms with Gasteiger partial charge in [-0.25, -0.2) is 13.8 Å². The molecule has 162 valence electrons. The maximum Gasteiger partial charge on any atom is 0.256 e. The van der Waals surface area contributed by atoms with Crippen molar-refractivity contribution in [1.29, 1.82) is 0 Å². The molecule has 1 fully saturated rings. The molecule has 1 heterocycles. The Morgan fingerprint density at radius 3 is 2.83 bits per heavy atom. The van der Waals surface area contributed by atoms with E-state index in [0.717, 1.165) is 12.8 Å². The molecule has 2 amide bonds. The van der Waals surface area contributed by atoms with Gasteiger partial charge < -0.3 is 14.8 Å². The number of anilines is 1. The molecule has 1 aromatic heterocycles.